The molecular formula is C23H30N4O3. The largest absolute Gasteiger partial charge is 0.487 e. The first-order chi connectivity index (χ1) is 14.3. The second kappa shape index (κ2) is 6.72. The maximum Gasteiger partial charge on any atom is 0.231 e. The number of para-hydroxylation sites is 1. The van der Waals surface area contributed by atoms with Crippen molar-refractivity contribution in [3.05, 3.63) is 29.8 Å². The van der Waals surface area contributed by atoms with Crippen molar-refractivity contribution in [2.24, 2.45) is 22.6 Å². The van der Waals surface area contributed by atoms with E-state index in [2.05, 4.69) is 10.3 Å². The number of aliphatic imine (C=N–C) groups is 1. The van der Waals surface area contributed by atoms with Gasteiger partial charge in [-0.25, -0.2) is 4.99 Å². The van der Waals surface area contributed by atoms with Crippen LogP contribution < -0.4 is 15.8 Å². The summed E-state index contributed by atoms with van der Waals surface area (Å²) in [6, 6.07) is 8.00. The summed E-state index contributed by atoms with van der Waals surface area (Å²) < 4.78 is 6.28. The molecule has 7 heteroatoms. The predicted molar refractivity (Wildman–Crippen MR) is 113 cm³/mol. The van der Waals surface area contributed by atoms with Gasteiger partial charge in [0.2, 0.25) is 11.8 Å². The molecule has 0 saturated heterocycles. The number of amides is 2. The Labute approximate surface area is 177 Å². The van der Waals surface area contributed by atoms with Crippen molar-refractivity contribution < 1.29 is 14.3 Å². The molecule has 7 nitrogen and oxygen atoms in total. The molecule has 0 bridgehead atoms. The SMILES string of the molecule is CC1(C)CC(=O)N(CC2CC2C(=O)N[C@H]2CC3(CCC3)Oc3ccccc32)C(N)=N1. The van der Waals surface area contributed by atoms with Gasteiger partial charge in [-0.1, -0.05) is 18.2 Å². The van der Waals surface area contributed by atoms with E-state index in [1.807, 2.05) is 38.1 Å². The lowest BCUT2D eigenvalue weighted by atomic mass is 9.73. The molecule has 3 atom stereocenters. The minimum absolute atomic E-state index is 0.0103. The van der Waals surface area contributed by atoms with E-state index in [4.69, 9.17) is 10.5 Å². The highest BCUT2D eigenvalue weighted by Crippen LogP contribution is 2.49. The lowest BCUT2D eigenvalue weighted by molar-refractivity contribution is -0.130. The fraction of sp³-hybridized carbons (Fsp3) is 0.609. The number of nitrogens with two attached hydrogens (primary N) is 1. The minimum atomic E-state index is -0.452. The average molecular weight is 411 g/mol. The molecule has 2 heterocycles. The summed E-state index contributed by atoms with van der Waals surface area (Å²) in [6.07, 6.45) is 5.22. The van der Waals surface area contributed by atoms with Gasteiger partial charge >= 0.3 is 0 Å². The molecule has 4 aliphatic rings. The average Bonchev–Trinajstić information content (AvgIpc) is 3.42. The van der Waals surface area contributed by atoms with Crippen LogP contribution in [0, 0.1) is 11.8 Å². The first kappa shape index (κ1) is 19.4. The number of ether oxygens (including phenoxy) is 1. The number of fused-ring (bicyclic) bond motifs is 1. The summed E-state index contributed by atoms with van der Waals surface area (Å²) in [5.74, 6) is 1.28. The number of carbonyl (C=O) groups is 2. The van der Waals surface area contributed by atoms with Crippen molar-refractivity contribution in [3.8, 4) is 5.75 Å². The molecule has 2 amide bonds. The lowest BCUT2D eigenvalue weighted by Gasteiger charge is -2.48. The normalized spacial score (nSPS) is 30.6. The zero-order valence-electron chi connectivity index (χ0n) is 17.7. The van der Waals surface area contributed by atoms with Crippen LogP contribution in [0.2, 0.25) is 0 Å². The molecule has 160 valence electrons. The third-order valence-electron chi connectivity index (χ3n) is 7.03. The van der Waals surface area contributed by atoms with Crippen molar-refractivity contribution in [2.75, 3.05) is 6.54 Å². The van der Waals surface area contributed by atoms with E-state index >= 15 is 0 Å². The van der Waals surface area contributed by atoms with Crippen molar-refractivity contribution in [1.82, 2.24) is 10.2 Å². The molecular weight excluding hydrogens is 380 g/mol. The van der Waals surface area contributed by atoms with Gasteiger partial charge in [0, 0.05) is 24.4 Å². The Morgan fingerprint density at radius 1 is 1.33 bits per heavy atom. The molecule has 2 aliphatic carbocycles. The highest BCUT2D eigenvalue weighted by atomic mass is 16.5. The maximum atomic E-state index is 13.0. The number of benzene rings is 1. The van der Waals surface area contributed by atoms with Crippen molar-refractivity contribution in [1.29, 1.82) is 0 Å². The Hall–Kier alpha value is -2.57. The molecule has 2 saturated carbocycles. The summed E-state index contributed by atoms with van der Waals surface area (Å²) in [5.41, 5.74) is 6.53. The van der Waals surface area contributed by atoms with Crippen LogP contribution in [0.25, 0.3) is 0 Å². The first-order valence-electron chi connectivity index (χ1n) is 11.0. The molecule has 3 N–H and O–H groups in total. The van der Waals surface area contributed by atoms with Crippen LogP contribution in [0.1, 0.15) is 64.0 Å². The minimum Gasteiger partial charge on any atom is -0.487 e. The van der Waals surface area contributed by atoms with Gasteiger partial charge in [-0.2, -0.15) is 0 Å². The number of nitrogens with zero attached hydrogens (tertiary/aromatic N) is 2. The fourth-order valence-corrected chi connectivity index (χ4v) is 5.11. The Morgan fingerprint density at radius 2 is 2.10 bits per heavy atom. The van der Waals surface area contributed by atoms with Gasteiger partial charge in [0.1, 0.15) is 11.4 Å². The predicted octanol–water partition coefficient (Wildman–Crippen LogP) is 2.51. The van der Waals surface area contributed by atoms with Gasteiger partial charge in [-0.3, -0.25) is 14.5 Å². The van der Waals surface area contributed by atoms with Crippen molar-refractivity contribution >= 4 is 17.8 Å². The molecule has 1 aromatic rings. The van der Waals surface area contributed by atoms with Crippen LogP contribution >= 0.6 is 0 Å². The Morgan fingerprint density at radius 3 is 2.80 bits per heavy atom. The third kappa shape index (κ3) is 3.44. The fourth-order valence-electron chi connectivity index (χ4n) is 5.11. The highest BCUT2D eigenvalue weighted by Gasteiger charge is 2.49. The second-order valence-corrected chi connectivity index (χ2v) is 10.0. The number of hydrogen-bond acceptors (Lipinski definition) is 5. The number of rotatable bonds is 4. The van der Waals surface area contributed by atoms with E-state index in [1.54, 1.807) is 4.90 Å². The van der Waals surface area contributed by atoms with E-state index in [0.29, 0.717) is 13.0 Å². The van der Waals surface area contributed by atoms with Crippen LogP contribution in [0.5, 0.6) is 5.75 Å². The number of hydrogen-bond donors (Lipinski definition) is 2. The number of nitrogens with one attached hydrogen (secondary N) is 1. The summed E-state index contributed by atoms with van der Waals surface area (Å²) >= 11 is 0. The summed E-state index contributed by atoms with van der Waals surface area (Å²) in [5, 5.41) is 3.28. The molecule has 30 heavy (non-hydrogen) atoms. The Kier molecular flexibility index (Phi) is 4.35. The van der Waals surface area contributed by atoms with E-state index in [9.17, 15) is 9.59 Å². The van der Waals surface area contributed by atoms with Crippen LogP contribution in [-0.4, -0.2) is 40.4 Å². The van der Waals surface area contributed by atoms with Gasteiger partial charge < -0.3 is 15.8 Å². The quantitative estimate of drug-likeness (QED) is 0.797. The highest BCUT2D eigenvalue weighted by molar-refractivity contribution is 5.99. The topological polar surface area (TPSA) is 97.0 Å². The van der Waals surface area contributed by atoms with Gasteiger partial charge in [0.05, 0.1) is 18.0 Å². The molecule has 1 spiro atoms. The van der Waals surface area contributed by atoms with E-state index in [-0.39, 0.29) is 41.3 Å². The van der Waals surface area contributed by atoms with Crippen molar-refractivity contribution in [2.45, 2.75) is 69.6 Å². The Bertz CT molecular complexity index is 921. The smallest absolute Gasteiger partial charge is 0.231 e. The molecule has 2 fully saturated rings. The molecule has 0 radical (unpaired) electrons. The van der Waals surface area contributed by atoms with Gasteiger partial charge in [0.25, 0.3) is 0 Å². The van der Waals surface area contributed by atoms with Crippen LogP contribution in [0.15, 0.2) is 29.3 Å². The van der Waals surface area contributed by atoms with E-state index in [1.165, 1.54) is 6.42 Å². The van der Waals surface area contributed by atoms with Gasteiger partial charge in [-0.15, -0.1) is 0 Å². The second-order valence-electron chi connectivity index (χ2n) is 10.0. The molecule has 2 unspecified atom stereocenters. The third-order valence-corrected chi connectivity index (χ3v) is 7.03. The number of carbonyl (C=O) groups excluding carboxylic acids is 2. The lowest BCUT2D eigenvalue weighted by Crippen LogP contribution is -2.51. The molecule has 1 aromatic carbocycles. The molecule has 0 aromatic heterocycles. The van der Waals surface area contributed by atoms with Gasteiger partial charge in [0.15, 0.2) is 5.96 Å². The van der Waals surface area contributed by atoms with Crippen LogP contribution in [-0.2, 0) is 9.59 Å². The van der Waals surface area contributed by atoms with Crippen molar-refractivity contribution in [3.63, 3.8) is 0 Å². The Balaban J connectivity index is 1.24. The standard InChI is InChI=1S/C23H30N4O3/c1-22(2)12-19(28)27(21(24)26-22)13-14-10-16(14)20(29)25-17-11-23(8-5-9-23)30-18-7-4-3-6-15(17)18/h3-4,6-7,14,16-17H,5,8-13H2,1-2H3,(H2,24,26)(H,25,29)/t14?,16?,17-/m0/s1. The monoisotopic (exact) mass is 410 g/mol. The zero-order chi connectivity index (χ0) is 21.1. The maximum absolute atomic E-state index is 13.0. The summed E-state index contributed by atoms with van der Waals surface area (Å²) in [7, 11) is 0. The van der Waals surface area contributed by atoms with Gasteiger partial charge in [-0.05, 0) is 51.5 Å². The number of guanidine groups is 1. The zero-order valence-corrected chi connectivity index (χ0v) is 17.7. The van der Waals surface area contributed by atoms with Crippen LogP contribution in [0.4, 0.5) is 0 Å². The molecule has 2 aliphatic heterocycles. The molecule has 5 rings (SSSR count). The summed E-state index contributed by atoms with van der Waals surface area (Å²) in [6.45, 7) is 4.28. The first-order valence-corrected chi connectivity index (χ1v) is 11.0. The van der Waals surface area contributed by atoms with Crippen LogP contribution in [0.3, 0.4) is 0 Å². The van der Waals surface area contributed by atoms with E-state index in [0.717, 1.165) is 37.0 Å². The summed E-state index contributed by atoms with van der Waals surface area (Å²) in [4.78, 5) is 31.5. The van der Waals surface area contributed by atoms with E-state index < -0.39 is 5.54 Å².